The maximum atomic E-state index is 12.8. The van der Waals surface area contributed by atoms with Crippen molar-refractivity contribution < 1.29 is 24.2 Å². The first-order valence-electron chi connectivity index (χ1n) is 11.4. The van der Waals surface area contributed by atoms with Crippen LogP contribution in [-0.2, 0) is 14.3 Å². The molecule has 30 heavy (non-hydrogen) atoms. The Labute approximate surface area is 179 Å². The number of ether oxygens (including phenoxy) is 1. The van der Waals surface area contributed by atoms with Gasteiger partial charge < -0.3 is 19.6 Å². The van der Waals surface area contributed by atoms with E-state index in [0.29, 0.717) is 44.8 Å². The SMILES string of the molecule is CC(C)(C)OC(=O)N1CCC(N2CCN(C(=O)[C@H]3CC[C@H](C(=O)O)CC3)CC2)CC1. The second-order valence-electron chi connectivity index (χ2n) is 9.95. The number of aliphatic carboxylic acids is 1. The molecule has 3 fully saturated rings. The molecule has 1 aliphatic carbocycles. The van der Waals surface area contributed by atoms with Crippen molar-refractivity contribution >= 4 is 18.0 Å². The largest absolute Gasteiger partial charge is 0.481 e. The average molecular weight is 424 g/mol. The number of hydrogen-bond donors (Lipinski definition) is 1. The lowest BCUT2D eigenvalue weighted by Crippen LogP contribution is -2.55. The van der Waals surface area contributed by atoms with Crippen LogP contribution in [0.3, 0.4) is 0 Å². The van der Waals surface area contributed by atoms with E-state index < -0.39 is 11.6 Å². The van der Waals surface area contributed by atoms with E-state index in [-0.39, 0.29) is 23.8 Å². The van der Waals surface area contributed by atoms with Gasteiger partial charge in [-0.2, -0.15) is 0 Å². The van der Waals surface area contributed by atoms with Crippen molar-refractivity contribution in [1.82, 2.24) is 14.7 Å². The van der Waals surface area contributed by atoms with E-state index in [2.05, 4.69) is 4.90 Å². The van der Waals surface area contributed by atoms with Gasteiger partial charge in [-0.15, -0.1) is 0 Å². The molecule has 170 valence electrons. The summed E-state index contributed by atoms with van der Waals surface area (Å²) in [5, 5.41) is 9.13. The molecule has 0 bridgehead atoms. The van der Waals surface area contributed by atoms with Crippen molar-refractivity contribution in [3.8, 4) is 0 Å². The highest BCUT2D eigenvalue weighted by molar-refractivity contribution is 5.79. The van der Waals surface area contributed by atoms with Gasteiger partial charge in [0.2, 0.25) is 5.91 Å². The minimum Gasteiger partial charge on any atom is -0.481 e. The zero-order valence-electron chi connectivity index (χ0n) is 18.6. The highest BCUT2D eigenvalue weighted by atomic mass is 16.6. The third-order valence-corrected chi connectivity index (χ3v) is 6.68. The van der Waals surface area contributed by atoms with Crippen LogP contribution < -0.4 is 0 Å². The van der Waals surface area contributed by atoms with Gasteiger partial charge in [-0.05, 0) is 59.3 Å². The lowest BCUT2D eigenvalue weighted by molar-refractivity contribution is -0.146. The Balaban J connectivity index is 1.39. The van der Waals surface area contributed by atoms with Crippen LogP contribution in [0.2, 0.25) is 0 Å². The summed E-state index contributed by atoms with van der Waals surface area (Å²) >= 11 is 0. The number of carbonyl (C=O) groups is 3. The molecule has 0 spiro atoms. The Hall–Kier alpha value is -1.83. The molecular weight excluding hydrogens is 386 g/mol. The lowest BCUT2D eigenvalue weighted by atomic mass is 9.81. The average Bonchev–Trinajstić information content (AvgIpc) is 2.72. The van der Waals surface area contributed by atoms with Gasteiger partial charge in [0.15, 0.2) is 0 Å². The van der Waals surface area contributed by atoms with E-state index in [9.17, 15) is 14.4 Å². The number of hydrogen-bond acceptors (Lipinski definition) is 5. The van der Waals surface area contributed by atoms with E-state index in [1.165, 1.54) is 0 Å². The minimum absolute atomic E-state index is 0.00998. The molecule has 2 aliphatic heterocycles. The third kappa shape index (κ3) is 5.86. The lowest BCUT2D eigenvalue weighted by Gasteiger charge is -2.43. The maximum Gasteiger partial charge on any atom is 0.410 e. The number of carboxylic acids is 1. The fourth-order valence-electron chi connectivity index (χ4n) is 4.89. The maximum absolute atomic E-state index is 12.8. The molecule has 2 amide bonds. The minimum atomic E-state index is -0.729. The number of carbonyl (C=O) groups excluding carboxylic acids is 2. The first-order valence-corrected chi connectivity index (χ1v) is 11.4. The molecule has 0 atom stereocenters. The smallest absolute Gasteiger partial charge is 0.410 e. The van der Waals surface area contributed by atoms with E-state index in [1.54, 1.807) is 4.90 Å². The van der Waals surface area contributed by atoms with Crippen molar-refractivity contribution in [1.29, 1.82) is 0 Å². The molecule has 8 nitrogen and oxygen atoms in total. The third-order valence-electron chi connectivity index (χ3n) is 6.68. The summed E-state index contributed by atoms with van der Waals surface area (Å²) in [6, 6.07) is 0.451. The summed E-state index contributed by atoms with van der Waals surface area (Å²) in [4.78, 5) is 42.4. The number of nitrogens with zero attached hydrogens (tertiary/aromatic N) is 3. The molecule has 0 aromatic heterocycles. The zero-order chi connectivity index (χ0) is 21.9. The van der Waals surface area contributed by atoms with Crippen LogP contribution in [0.5, 0.6) is 0 Å². The van der Waals surface area contributed by atoms with Crippen LogP contribution in [0.4, 0.5) is 4.79 Å². The molecular formula is C22H37N3O5. The first kappa shape index (κ1) is 22.8. The molecule has 0 unspecified atom stereocenters. The molecule has 2 heterocycles. The van der Waals surface area contributed by atoms with E-state index in [1.807, 2.05) is 25.7 Å². The van der Waals surface area contributed by atoms with Gasteiger partial charge in [0.25, 0.3) is 0 Å². The summed E-state index contributed by atoms with van der Waals surface area (Å²) in [6.07, 6.45) is 4.26. The van der Waals surface area contributed by atoms with E-state index in [4.69, 9.17) is 9.84 Å². The van der Waals surface area contributed by atoms with Crippen LogP contribution in [-0.4, -0.2) is 88.7 Å². The molecule has 3 rings (SSSR count). The van der Waals surface area contributed by atoms with Crippen molar-refractivity contribution in [3.63, 3.8) is 0 Å². The number of rotatable bonds is 3. The summed E-state index contributed by atoms with van der Waals surface area (Å²) in [5.41, 5.74) is -0.469. The summed E-state index contributed by atoms with van der Waals surface area (Å²) in [7, 11) is 0. The van der Waals surface area contributed by atoms with E-state index in [0.717, 1.165) is 39.0 Å². The number of piperazine rings is 1. The zero-order valence-corrected chi connectivity index (χ0v) is 18.6. The molecule has 1 N–H and O–H groups in total. The Morgan fingerprint density at radius 2 is 1.30 bits per heavy atom. The Kier molecular flexibility index (Phi) is 7.26. The van der Waals surface area contributed by atoms with Crippen LogP contribution in [0.1, 0.15) is 59.3 Å². The van der Waals surface area contributed by atoms with Crippen molar-refractivity contribution in [3.05, 3.63) is 0 Å². The normalized spacial score (nSPS) is 27.0. The first-order chi connectivity index (χ1) is 14.1. The van der Waals surface area contributed by atoms with Crippen molar-refractivity contribution in [2.24, 2.45) is 11.8 Å². The number of carboxylic acid groups (broad SMARTS) is 1. The summed E-state index contributed by atoms with van der Waals surface area (Å²) in [5.74, 6) is -0.813. The highest BCUT2D eigenvalue weighted by Gasteiger charge is 2.35. The summed E-state index contributed by atoms with van der Waals surface area (Å²) in [6.45, 7) is 10.3. The molecule has 0 radical (unpaired) electrons. The van der Waals surface area contributed by atoms with Gasteiger partial charge in [-0.3, -0.25) is 14.5 Å². The fraction of sp³-hybridized carbons (Fsp3) is 0.864. The van der Waals surface area contributed by atoms with Crippen molar-refractivity contribution in [2.45, 2.75) is 70.9 Å². The van der Waals surface area contributed by atoms with Crippen LogP contribution in [0.25, 0.3) is 0 Å². The molecule has 8 heteroatoms. The fourth-order valence-corrected chi connectivity index (χ4v) is 4.89. The van der Waals surface area contributed by atoms with Gasteiger partial charge in [0.05, 0.1) is 5.92 Å². The molecule has 0 aromatic rings. The quantitative estimate of drug-likeness (QED) is 0.750. The van der Waals surface area contributed by atoms with Crippen LogP contribution in [0, 0.1) is 11.8 Å². The van der Waals surface area contributed by atoms with Gasteiger partial charge in [0, 0.05) is 51.2 Å². The van der Waals surface area contributed by atoms with Gasteiger partial charge in [-0.1, -0.05) is 0 Å². The molecule has 0 aromatic carbocycles. The molecule has 1 saturated carbocycles. The predicted octanol–water partition coefficient (Wildman–Crippen LogP) is 2.42. The molecule has 3 aliphatic rings. The second kappa shape index (κ2) is 9.54. The Bertz CT molecular complexity index is 623. The van der Waals surface area contributed by atoms with Crippen LogP contribution in [0.15, 0.2) is 0 Å². The molecule has 2 saturated heterocycles. The number of likely N-dealkylation sites (tertiary alicyclic amines) is 1. The number of piperidine rings is 1. The van der Waals surface area contributed by atoms with Crippen molar-refractivity contribution in [2.75, 3.05) is 39.3 Å². The topological polar surface area (TPSA) is 90.4 Å². The predicted molar refractivity (Wildman–Crippen MR) is 112 cm³/mol. The van der Waals surface area contributed by atoms with Gasteiger partial charge in [-0.25, -0.2) is 4.79 Å². The summed E-state index contributed by atoms with van der Waals surface area (Å²) < 4.78 is 5.47. The van der Waals surface area contributed by atoms with Gasteiger partial charge in [0.1, 0.15) is 5.60 Å². The standard InChI is InChI=1S/C22H37N3O5/c1-22(2,3)30-21(29)25-10-8-18(9-11-25)23-12-14-24(15-13-23)19(26)16-4-6-17(7-5-16)20(27)28/h16-18H,4-15H2,1-3H3,(H,27,28)/t16-,17-. The monoisotopic (exact) mass is 423 g/mol. The Morgan fingerprint density at radius 1 is 0.767 bits per heavy atom. The van der Waals surface area contributed by atoms with Gasteiger partial charge >= 0.3 is 12.1 Å². The Morgan fingerprint density at radius 3 is 1.80 bits per heavy atom. The van der Waals surface area contributed by atoms with E-state index >= 15 is 0 Å². The highest BCUT2D eigenvalue weighted by Crippen LogP contribution is 2.30. The second-order valence-corrected chi connectivity index (χ2v) is 9.95. The number of amides is 2. The van der Waals surface area contributed by atoms with Crippen LogP contribution >= 0.6 is 0 Å².